The molecule has 6 aromatic rings. The van der Waals surface area contributed by atoms with Crippen LogP contribution in [-0.2, 0) is 0 Å². The van der Waals surface area contributed by atoms with E-state index < -0.39 is 0 Å². The number of pyridine rings is 2. The minimum absolute atomic E-state index is 0.223. The lowest BCUT2D eigenvalue weighted by molar-refractivity contribution is 0.0996. The van der Waals surface area contributed by atoms with Crippen molar-refractivity contribution in [1.29, 1.82) is 0 Å². The maximum Gasteiger partial charge on any atom is 0.267 e. The number of nitrogens with one attached hydrogen (secondary N) is 2. The van der Waals surface area contributed by atoms with Crippen LogP contribution in [0.2, 0.25) is 0 Å². The van der Waals surface area contributed by atoms with Gasteiger partial charge in [-0.1, -0.05) is 18.2 Å². The number of hydrogen-bond donors (Lipinski definition) is 2. The van der Waals surface area contributed by atoms with Gasteiger partial charge in [-0.15, -0.1) is 0 Å². The van der Waals surface area contributed by atoms with Crippen molar-refractivity contribution in [1.82, 2.24) is 29.7 Å². The summed E-state index contributed by atoms with van der Waals surface area (Å²) in [6.45, 7) is 0.826. The summed E-state index contributed by atoms with van der Waals surface area (Å²) in [5.74, 6) is 1.80. The van der Waals surface area contributed by atoms with Crippen LogP contribution in [0, 0.1) is 0 Å². The molecule has 1 atom stereocenters. The second-order valence-corrected chi connectivity index (χ2v) is 8.44. The Bertz CT molecular complexity index is 1820. The number of aromatic amines is 1. The zero-order valence-electron chi connectivity index (χ0n) is 18.9. The molecular weight excluding hydrogens is 458 g/mol. The lowest BCUT2D eigenvalue weighted by atomic mass is 10.1. The van der Waals surface area contributed by atoms with Crippen molar-refractivity contribution >= 4 is 38.8 Å². The molecule has 0 spiro atoms. The van der Waals surface area contributed by atoms with Crippen LogP contribution in [0.5, 0.6) is 11.5 Å². The Morgan fingerprint density at radius 2 is 1.92 bits per heavy atom. The fourth-order valence-corrected chi connectivity index (χ4v) is 4.54. The first-order chi connectivity index (χ1) is 17.8. The smallest absolute Gasteiger partial charge is 0.267 e. The van der Waals surface area contributed by atoms with Gasteiger partial charge in [-0.2, -0.15) is 10.1 Å². The second kappa shape index (κ2) is 8.05. The van der Waals surface area contributed by atoms with E-state index in [4.69, 9.17) is 14.5 Å². The van der Waals surface area contributed by atoms with Crippen LogP contribution >= 0.6 is 0 Å². The molecule has 7 rings (SSSR count). The first kappa shape index (κ1) is 20.4. The van der Waals surface area contributed by atoms with Crippen molar-refractivity contribution < 1.29 is 9.47 Å². The summed E-state index contributed by atoms with van der Waals surface area (Å²) < 4.78 is 13.4. The number of hydrogen-bond acceptors (Lipinski definition) is 8. The van der Waals surface area contributed by atoms with Gasteiger partial charge < -0.3 is 14.8 Å². The normalized spacial score (nSPS) is 14.9. The molecule has 0 amide bonds. The molecule has 0 radical (unpaired) electrons. The first-order valence-corrected chi connectivity index (χ1v) is 11.5. The molecule has 2 N–H and O–H groups in total. The van der Waals surface area contributed by atoms with Crippen molar-refractivity contribution in [2.24, 2.45) is 0 Å². The van der Waals surface area contributed by atoms with Gasteiger partial charge in [0.25, 0.3) is 5.56 Å². The molecule has 36 heavy (non-hydrogen) atoms. The topological polar surface area (TPSA) is 120 Å². The van der Waals surface area contributed by atoms with E-state index in [2.05, 4.69) is 25.5 Å². The largest absolute Gasteiger partial charge is 0.486 e. The van der Waals surface area contributed by atoms with E-state index in [9.17, 15) is 4.79 Å². The van der Waals surface area contributed by atoms with Crippen LogP contribution in [0.4, 0.5) is 5.95 Å². The quantitative estimate of drug-likeness (QED) is 0.396. The third-order valence-electron chi connectivity index (χ3n) is 6.23. The third kappa shape index (κ3) is 3.22. The summed E-state index contributed by atoms with van der Waals surface area (Å²) in [6, 6.07) is 17.0. The number of H-pyrrole nitrogens is 1. The van der Waals surface area contributed by atoms with Crippen molar-refractivity contribution in [3.8, 4) is 17.2 Å². The van der Waals surface area contributed by atoms with Crippen LogP contribution in [0.15, 0.2) is 78.0 Å². The van der Waals surface area contributed by atoms with Crippen molar-refractivity contribution in [2.75, 3.05) is 18.5 Å². The second-order valence-electron chi connectivity index (χ2n) is 8.44. The molecular formula is C26H19N7O3. The average molecular weight is 477 g/mol. The van der Waals surface area contributed by atoms with Crippen LogP contribution in [0.25, 0.3) is 38.5 Å². The van der Waals surface area contributed by atoms with Crippen LogP contribution < -0.4 is 20.3 Å². The number of fused-ring (bicyclic) bond motifs is 5. The Kier molecular flexibility index (Phi) is 4.56. The number of benzene rings is 2. The van der Waals surface area contributed by atoms with Gasteiger partial charge in [-0.05, 0) is 36.4 Å². The molecule has 10 heteroatoms. The monoisotopic (exact) mass is 477 g/mol. The number of rotatable bonds is 4. The molecule has 1 aliphatic heterocycles. The van der Waals surface area contributed by atoms with Gasteiger partial charge in [0.1, 0.15) is 18.2 Å². The molecule has 0 bridgehead atoms. The maximum absolute atomic E-state index is 13.6. The highest BCUT2D eigenvalue weighted by molar-refractivity contribution is 6.03. The zero-order chi connectivity index (χ0) is 24.1. The van der Waals surface area contributed by atoms with Gasteiger partial charge in [0, 0.05) is 24.0 Å². The van der Waals surface area contributed by atoms with E-state index in [1.807, 2.05) is 54.6 Å². The van der Waals surface area contributed by atoms with Crippen LogP contribution in [0.3, 0.4) is 0 Å². The van der Waals surface area contributed by atoms with Gasteiger partial charge in [-0.3, -0.25) is 19.4 Å². The molecule has 0 aliphatic carbocycles. The summed E-state index contributed by atoms with van der Waals surface area (Å²) in [5, 5.41) is 12.3. The summed E-state index contributed by atoms with van der Waals surface area (Å²) in [7, 11) is 0. The maximum atomic E-state index is 13.6. The predicted octanol–water partition coefficient (Wildman–Crippen LogP) is 3.46. The Balaban J connectivity index is 1.32. The van der Waals surface area contributed by atoms with Crippen LogP contribution in [0.1, 0.15) is 0 Å². The Morgan fingerprint density at radius 1 is 1.00 bits per heavy atom. The number of aromatic nitrogens is 6. The molecule has 10 nitrogen and oxygen atoms in total. The molecule has 1 unspecified atom stereocenters. The highest BCUT2D eigenvalue weighted by atomic mass is 16.6. The number of ether oxygens (including phenoxy) is 2. The average Bonchev–Trinajstić information content (AvgIpc) is 3.43. The molecule has 0 saturated heterocycles. The predicted molar refractivity (Wildman–Crippen MR) is 135 cm³/mol. The first-order valence-electron chi connectivity index (χ1n) is 11.5. The fraction of sp³-hybridized carbons (Fsp3) is 0.115. The summed E-state index contributed by atoms with van der Waals surface area (Å²) in [5.41, 5.74) is 2.21. The summed E-state index contributed by atoms with van der Waals surface area (Å²) in [4.78, 5) is 27.3. The molecule has 176 valence electrons. The molecule has 4 aromatic heterocycles. The van der Waals surface area contributed by atoms with E-state index in [-0.39, 0.29) is 11.7 Å². The highest BCUT2D eigenvalue weighted by Gasteiger charge is 2.22. The highest BCUT2D eigenvalue weighted by Crippen LogP contribution is 2.31. The van der Waals surface area contributed by atoms with Gasteiger partial charge >= 0.3 is 0 Å². The molecule has 5 heterocycles. The van der Waals surface area contributed by atoms with E-state index >= 15 is 0 Å². The van der Waals surface area contributed by atoms with E-state index in [0.717, 1.165) is 16.7 Å². The van der Waals surface area contributed by atoms with Crippen molar-refractivity contribution in [3.05, 3.63) is 83.5 Å². The number of para-hydroxylation sites is 2. The summed E-state index contributed by atoms with van der Waals surface area (Å²) in [6.07, 6.45) is 4.79. The van der Waals surface area contributed by atoms with Crippen molar-refractivity contribution in [3.63, 3.8) is 0 Å². The Labute approximate surface area is 203 Å². The molecule has 2 aromatic carbocycles. The van der Waals surface area contributed by atoms with Gasteiger partial charge in [0.2, 0.25) is 5.95 Å². The standard InChI is InChI=1S/C26H19N7O3/c34-25-18-13-30-32-23(18)17-12-29-26(28-11-15-14-35-21-8-1-2-9-22(21)36-15)31-24(17)33(25)20-7-3-6-19-16(20)5-4-10-27-19/h1-10,12-13,15H,11,14H2,(H,30,32)(H,28,29,31). The van der Waals surface area contributed by atoms with E-state index in [0.29, 0.717) is 52.5 Å². The minimum atomic E-state index is -0.229. The zero-order valence-corrected chi connectivity index (χ0v) is 18.9. The Hall–Kier alpha value is -4.99. The molecule has 0 saturated carbocycles. The van der Waals surface area contributed by atoms with Crippen molar-refractivity contribution in [2.45, 2.75) is 6.10 Å². The van der Waals surface area contributed by atoms with Gasteiger partial charge in [0.05, 0.1) is 28.5 Å². The van der Waals surface area contributed by atoms with E-state index in [1.165, 1.54) is 0 Å². The number of nitrogens with zero attached hydrogens (tertiary/aromatic N) is 5. The molecule has 1 aliphatic rings. The third-order valence-corrected chi connectivity index (χ3v) is 6.23. The Morgan fingerprint density at radius 3 is 2.86 bits per heavy atom. The molecule has 0 fully saturated rings. The van der Waals surface area contributed by atoms with E-state index in [1.54, 1.807) is 23.2 Å². The fourth-order valence-electron chi connectivity index (χ4n) is 4.54. The SMILES string of the molecule is O=c1c2c[nH]nc2c2cnc(NCC3COc4ccccc4O3)nc2n1-c1cccc2ncccc12. The minimum Gasteiger partial charge on any atom is -0.486 e. The number of anilines is 1. The van der Waals surface area contributed by atoms with Gasteiger partial charge in [0.15, 0.2) is 17.1 Å². The summed E-state index contributed by atoms with van der Waals surface area (Å²) >= 11 is 0. The lowest BCUT2D eigenvalue weighted by Gasteiger charge is -2.26. The van der Waals surface area contributed by atoms with Crippen LogP contribution in [-0.4, -0.2) is 49.0 Å². The lowest BCUT2D eigenvalue weighted by Crippen LogP contribution is -2.35. The van der Waals surface area contributed by atoms with Gasteiger partial charge in [-0.25, -0.2) is 4.98 Å².